The number of fused-ring (bicyclic) bond motifs is 9. The zero-order chi connectivity index (χ0) is 13.8. The van der Waals surface area contributed by atoms with Crippen LogP contribution < -0.4 is 0 Å². The molecule has 0 aromatic rings. The number of halogens is 6. The Morgan fingerprint density at radius 3 is 1.84 bits per heavy atom. The van der Waals surface area contributed by atoms with Crippen molar-refractivity contribution in [2.75, 3.05) is 0 Å². The van der Waals surface area contributed by atoms with Gasteiger partial charge >= 0.3 is 6.18 Å². The predicted molar refractivity (Wildman–Crippen MR) is 54.2 cm³/mol. The lowest BCUT2D eigenvalue weighted by Gasteiger charge is -2.46. The van der Waals surface area contributed by atoms with Crippen LogP contribution in [0.25, 0.3) is 0 Å². The molecule has 0 heterocycles. The van der Waals surface area contributed by atoms with E-state index in [1.54, 1.807) is 0 Å². The van der Waals surface area contributed by atoms with Crippen LogP contribution in [-0.4, -0.2) is 17.8 Å². The summed E-state index contributed by atoms with van der Waals surface area (Å²) in [6.07, 6.45) is -3.41. The Hall–Kier alpha value is -0.420. The summed E-state index contributed by atoms with van der Waals surface area (Å²) in [6, 6.07) is 0. The molecule has 0 saturated heterocycles. The van der Waals surface area contributed by atoms with Gasteiger partial charge < -0.3 is 0 Å². The predicted octanol–water partition coefficient (Wildman–Crippen LogP) is 4.20. The minimum Gasteiger partial charge on any atom is -0.227 e. The van der Waals surface area contributed by atoms with Gasteiger partial charge in [0.2, 0.25) is 0 Å². The van der Waals surface area contributed by atoms with Crippen LogP contribution in [0.15, 0.2) is 0 Å². The minimum absolute atomic E-state index is 0.0403. The van der Waals surface area contributed by atoms with Gasteiger partial charge in [0.05, 0.1) is 0 Å². The Bertz CT molecular complexity index is 429. The minimum atomic E-state index is -5.47. The molecule has 0 aromatic heterocycles. The van der Waals surface area contributed by atoms with Gasteiger partial charge in [0.1, 0.15) is 0 Å². The molecule has 4 aliphatic rings. The van der Waals surface area contributed by atoms with Crippen LogP contribution in [0.3, 0.4) is 0 Å². The lowest BCUT2D eigenvalue weighted by Crippen LogP contribution is -2.63. The summed E-state index contributed by atoms with van der Waals surface area (Å²) in [6.45, 7) is 0. The van der Waals surface area contributed by atoms with Crippen molar-refractivity contribution in [3.8, 4) is 0 Å². The van der Waals surface area contributed by atoms with Gasteiger partial charge in [0.15, 0.2) is 0 Å². The Balaban J connectivity index is 1.82. The Morgan fingerprint density at radius 2 is 1.32 bits per heavy atom. The van der Waals surface area contributed by atoms with Crippen LogP contribution in [0.1, 0.15) is 25.7 Å². The molecule has 0 N–H and O–H groups in total. The van der Waals surface area contributed by atoms with E-state index in [1.165, 1.54) is 0 Å². The first kappa shape index (κ1) is 12.3. The molecule has 7 unspecified atom stereocenters. The second-order valence-corrected chi connectivity index (χ2v) is 6.77. The average molecular weight is 284 g/mol. The van der Waals surface area contributed by atoms with E-state index in [9.17, 15) is 26.3 Å². The van der Waals surface area contributed by atoms with Gasteiger partial charge in [0, 0.05) is 11.8 Å². The van der Waals surface area contributed by atoms with Crippen LogP contribution in [0.2, 0.25) is 0 Å². The van der Waals surface area contributed by atoms with E-state index >= 15 is 0 Å². The third-order valence-corrected chi connectivity index (χ3v) is 6.36. The molecule has 6 heteroatoms. The van der Waals surface area contributed by atoms with Crippen molar-refractivity contribution in [2.45, 2.75) is 43.5 Å². The second-order valence-electron chi connectivity index (χ2n) is 6.77. The molecule has 0 aromatic carbocycles. The van der Waals surface area contributed by atoms with E-state index in [0.29, 0.717) is 0 Å². The topological polar surface area (TPSA) is 0 Å². The zero-order valence-electron chi connectivity index (χ0n) is 10.1. The molecule has 4 aliphatic carbocycles. The summed E-state index contributed by atoms with van der Waals surface area (Å²) < 4.78 is 81.3. The first-order valence-corrected chi connectivity index (χ1v) is 6.83. The van der Waals surface area contributed by atoms with E-state index in [-0.39, 0.29) is 24.2 Å². The summed E-state index contributed by atoms with van der Waals surface area (Å²) in [7, 11) is 0. The lowest BCUT2D eigenvalue weighted by molar-refractivity contribution is -0.331. The number of rotatable bonds is 0. The summed E-state index contributed by atoms with van der Waals surface area (Å²) in [5.41, 5.74) is -4.30. The standard InChI is InChI=1S/C13H14F6/c14-11(13(17,18)19)7-4-8(12(11,15)16)10-6-2-1-5(3-6)9(7)10/h5-10H,1-4H2. The van der Waals surface area contributed by atoms with Crippen LogP contribution in [-0.2, 0) is 0 Å². The summed E-state index contributed by atoms with van der Waals surface area (Å²) in [5, 5.41) is 0. The zero-order valence-corrected chi connectivity index (χ0v) is 10.1. The molecule has 4 saturated carbocycles. The molecule has 0 radical (unpaired) electrons. The summed E-state index contributed by atoms with van der Waals surface area (Å²) in [4.78, 5) is 0. The van der Waals surface area contributed by atoms with E-state index in [2.05, 4.69) is 0 Å². The van der Waals surface area contributed by atoms with Gasteiger partial charge in [-0.3, -0.25) is 0 Å². The van der Waals surface area contributed by atoms with Crippen LogP contribution >= 0.6 is 0 Å². The van der Waals surface area contributed by atoms with Gasteiger partial charge in [-0.15, -0.1) is 0 Å². The third kappa shape index (κ3) is 1.09. The highest BCUT2D eigenvalue weighted by molar-refractivity contribution is 5.24. The van der Waals surface area contributed by atoms with Gasteiger partial charge in [-0.2, -0.15) is 13.2 Å². The summed E-state index contributed by atoms with van der Waals surface area (Å²) in [5.74, 6) is -7.86. The fraction of sp³-hybridized carbons (Fsp3) is 1.00. The quantitative estimate of drug-likeness (QED) is 0.462. The van der Waals surface area contributed by atoms with Crippen LogP contribution in [0.4, 0.5) is 26.3 Å². The molecule has 0 amide bonds. The van der Waals surface area contributed by atoms with Gasteiger partial charge in [-0.1, -0.05) is 0 Å². The smallest absolute Gasteiger partial charge is 0.227 e. The molecule has 0 aliphatic heterocycles. The Labute approximate surface area is 106 Å². The van der Waals surface area contributed by atoms with E-state index in [0.717, 1.165) is 19.3 Å². The fourth-order valence-electron chi connectivity index (χ4n) is 5.90. The molecule has 108 valence electrons. The highest BCUT2D eigenvalue weighted by Crippen LogP contribution is 2.76. The second kappa shape index (κ2) is 3.08. The Morgan fingerprint density at radius 1 is 0.789 bits per heavy atom. The monoisotopic (exact) mass is 284 g/mol. The SMILES string of the molecule is FC(F)(F)C1(F)C2CC(C3C4CCC(C4)C32)C1(F)F. The van der Waals surface area contributed by atoms with Crippen LogP contribution in [0, 0.1) is 35.5 Å². The molecule has 0 spiro atoms. The molecule has 0 nitrogen and oxygen atoms in total. The summed E-state index contributed by atoms with van der Waals surface area (Å²) >= 11 is 0. The van der Waals surface area contributed by atoms with Crippen molar-refractivity contribution in [3.05, 3.63) is 0 Å². The van der Waals surface area contributed by atoms with Crippen molar-refractivity contribution >= 4 is 0 Å². The van der Waals surface area contributed by atoms with Gasteiger partial charge in [-0.05, 0) is 49.4 Å². The Kier molecular flexibility index (Phi) is 2.00. The molecule has 4 bridgehead atoms. The normalized spacial score (nSPS) is 57.8. The lowest BCUT2D eigenvalue weighted by atomic mass is 9.64. The molecule has 19 heavy (non-hydrogen) atoms. The number of hydrogen-bond donors (Lipinski definition) is 0. The highest BCUT2D eigenvalue weighted by atomic mass is 19.4. The molecular weight excluding hydrogens is 270 g/mol. The number of hydrogen-bond acceptors (Lipinski definition) is 0. The fourth-order valence-corrected chi connectivity index (χ4v) is 5.90. The van der Waals surface area contributed by atoms with Crippen molar-refractivity contribution in [1.29, 1.82) is 0 Å². The van der Waals surface area contributed by atoms with E-state index in [1.807, 2.05) is 0 Å². The molecular formula is C13H14F6. The van der Waals surface area contributed by atoms with E-state index < -0.39 is 35.5 Å². The van der Waals surface area contributed by atoms with Crippen LogP contribution in [0.5, 0.6) is 0 Å². The maximum atomic E-state index is 14.4. The highest BCUT2D eigenvalue weighted by Gasteiger charge is 2.87. The van der Waals surface area contributed by atoms with Gasteiger partial charge in [0.25, 0.3) is 11.6 Å². The molecule has 7 atom stereocenters. The first-order valence-electron chi connectivity index (χ1n) is 6.83. The maximum Gasteiger partial charge on any atom is 0.428 e. The molecule has 4 rings (SSSR count). The van der Waals surface area contributed by atoms with E-state index in [4.69, 9.17) is 0 Å². The van der Waals surface area contributed by atoms with Crippen molar-refractivity contribution < 1.29 is 26.3 Å². The van der Waals surface area contributed by atoms with Crippen molar-refractivity contribution in [2.24, 2.45) is 35.5 Å². The number of alkyl halides is 6. The first-order chi connectivity index (χ1) is 8.69. The maximum absolute atomic E-state index is 14.4. The largest absolute Gasteiger partial charge is 0.428 e. The third-order valence-electron chi connectivity index (χ3n) is 6.36. The average Bonchev–Trinajstić information content (AvgIpc) is 2.98. The van der Waals surface area contributed by atoms with Crippen molar-refractivity contribution in [3.63, 3.8) is 0 Å². The van der Waals surface area contributed by atoms with Gasteiger partial charge in [-0.25, -0.2) is 13.2 Å². The van der Waals surface area contributed by atoms with Crippen molar-refractivity contribution in [1.82, 2.24) is 0 Å². The molecule has 4 fully saturated rings.